The molecule has 2 aromatic carbocycles. The largest absolute Gasteiger partial charge is 0.493 e. The molecular weight excluding hydrogens is 513 g/mol. The van der Waals surface area contributed by atoms with Crippen LogP contribution in [0.15, 0.2) is 42.7 Å². The van der Waals surface area contributed by atoms with Gasteiger partial charge in [-0.05, 0) is 37.4 Å². The maximum Gasteiger partial charge on any atom is 0.164 e. The van der Waals surface area contributed by atoms with E-state index < -0.39 is 37.7 Å². The van der Waals surface area contributed by atoms with E-state index in [0.717, 1.165) is 37.6 Å². The first-order valence-electron chi connectivity index (χ1n) is 12.4. The van der Waals surface area contributed by atoms with Gasteiger partial charge in [-0.1, -0.05) is 0 Å². The van der Waals surface area contributed by atoms with Crippen LogP contribution < -0.4 is 19.7 Å². The molecule has 39 heavy (non-hydrogen) atoms. The van der Waals surface area contributed by atoms with Gasteiger partial charge in [0.05, 0.1) is 25.8 Å². The van der Waals surface area contributed by atoms with Crippen molar-refractivity contribution in [3.63, 3.8) is 0 Å². The number of benzene rings is 2. The summed E-state index contributed by atoms with van der Waals surface area (Å²) in [4.78, 5) is 13.3. The lowest BCUT2D eigenvalue weighted by Crippen LogP contribution is -2.48. The summed E-state index contributed by atoms with van der Waals surface area (Å²) < 4.78 is 24.8. The molecule has 1 fully saturated rings. The van der Waals surface area contributed by atoms with E-state index in [2.05, 4.69) is 44.3 Å². The topological polar surface area (TPSA) is 175 Å². The number of aliphatic hydroxyl groups is 4. The quantitative estimate of drug-likeness (QED) is 0.219. The van der Waals surface area contributed by atoms with E-state index >= 15 is 0 Å². The van der Waals surface area contributed by atoms with Crippen molar-refractivity contribution in [1.29, 1.82) is 0 Å². The number of aliphatic hydroxyl groups excluding tert-OH is 4. The fraction of sp³-hybridized carbons (Fsp3) is 0.462. The van der Waals surface area contributed by atoms with Crippen LogP contribution in [0, 0.1) is 0 Å². The average molecular weight is 550 g/mol. The normalized spacial score (nSPS) is 17.2. The predicted molar refractivity (Wildman–Crippen MR) is 145 cm³/mol. The van der Waals surface area contributed by atoms with Crippen LogP contribution in [-0.4, -0.2) is 119 Å². The molecule has 4 rings (SSSR count). The Balaban J connectivity index is 0.00000420. The second-order valence-corrected chi connectivity index (χ2v) is 9.22. The first kappa shape index (κ1) is 30.2. The molecule has 0 saturated carbocycles. The zero-order valence-electron chi connectivity index (χ0n) is 21.9. The summed E-state index contributed by atoms with van der Waals surface area (Å²) in [5.74, 6) is 0.898. The van der Waals surface area contributed by atoms with E-state index in [1.807, 2.05) is 12.1 Å². The molecule has 7 N–H and O–H groups in total. The van der Waals surface area contributed by atoms with E-state index in [4.69, 9.17) is 14.6 Å². The van der Waals surface area contributed by atoms with Gasteiger partial charge in [0.25, 0.3) is 0 Å². The van der Waals surface area contributed by atoms with Gasteiger partial charge in [-0.25, -0.2) is 14.4 Å². The Bertz CT molecular complexity index is 1200. The summed E-state index contributed by atoms with van der Waals surface area (Å²) >= 11 is 0. The molecule has 1 aliphatic rings. The standard InChI is InChI=1S/C26H34FN5O6.H2O/c1-31-7-9-32(10-8-31)17-5-3-16(4-6-17)30-26-18-11-21(37-2)22(12-20(18)28-15-29-26)38-23(14-34)25(36)24(35)19(27)13-33;/h3-6,11-12,15,19,23-25,33-36H,7-10,13-14H2,1-2H3,(H,28,29,30);1H2/t19-,23-,24+,25+;/m0./s1. The molecule has 1 aliphatic heterocycles. The van der Waals surface area contributed by atoms with Crippen LogP contribution in [-0.2, 0) is 0 Å². The lowest BCUT2D eigenvalue weighted by molar-refractivity contribution is -0.0981. The Labute approximate surface area is 225 Å². The first-order valence-corrected chi connectivity index (χ1v) is 12.4. The van der Waals surface area contributed by atoms with Crippen LogP contribution >= 0.6 is 0 Å². The predicted octanol–water partition coefficient (Wildman–Crippen LogP) is 0.101. The van der Waals surface area contributed by atoms with Crippen LogP contribution in [0.5, 0.6) is 11.5 Å². The third-order valence-electron chi connectivity index (χ3n) is 6.65. The van der Waals surface area contributed by atoms with Crippen LogP contribution in [0.25, 0.3) is 10.9 Å². The number of methoxy groups -OCH3 is 1. The highest BCUT2D eigenvalue weighted by molar-refractivity contribution is 5.93. The Morgan fingerprint density at radius 2 is 1.67 bits per heavy atom. The van der Waals surface area contributed by atoms with Gasteiger partial charge in [0, 0.05) is 49.0 Å². The fourth-order valence-corrected chi connectivity index (χ4v) is 4.29. The van der Waals surface area contributed by atoms with Gasteiger partial charge in [0.1, 0.15) is 24.4 Å². The molecule has 214 valence electrons. The molecule has 0 aliphatic carbocycles. The number of fused-ring (bicyclic) bond motifs is 1. The number of likely N-dealkylation sites (N-methyl/N-ethyl adjacent to an activating group) is 1. The lowest BCUT2D eigenvalue weighted by Gasteiger charge is -2.34. The van der Waals surface area contributed by atoms with Crippen molar-refractivity contribution in [3.8, 4) is 11.5 Å². The van der Waals surface area contributed by atoms with E-state index in [9.17, 15) is 19.7 Å². The molecule has 0 bridgehead atoms. The third-order valence-corrected chi connectivity index (χ3v) is 6.65. The third kappa shape index (κ3) is 7.01. The molecule has 13 heteroatoms. The molecule has 0 unspecified atom stereocenters. The van der Waals surface area contributed by atoms with E-state index in [1.165, 1.54) is 19.5 Å². The molecular formula is C26H36FN5O7. The minimum atomic E-state index is -2.10. The van der Waals surface area contributed by atoms with E-state index in [0.29, 0.717) is 16.7 Å². The average Bonchev–Trinajstić information content (AvgIpc) is 2.95. The summed E-state index contributed by atoms with van der Waals surface area (Å²) in [6.07, 6.45) is -5.86. The van der Waals surface area contributed by atoms with E-state index in [1.54, 1.807) is 6.07 Å². The van der Waals surface area contributed by atoms with Gasteiger partial charge >= 0.3 is 0 Å². The Morgan fingerprint density at radius 1 is 0.974 bits per heavy atom. The molecule has 1 saturated heterocycles. The molecule has 12 nitrogen and oxygen atoms in total. The van der Waals surface area contributed by atoms with Crippen LogP contribution in [0.2, 0.25) is 0 Å². The summed E-state index contributed by atoms with van der Waals surface area (Å²) in [7, 11) is 3.55. The molecule has 4 atom stereocenters. The SMILES string of the molecule is COc1cc2c(Nc3ccc(N4CCN(C)CC4)cc3)ncnc2cc1O[C@@H](CO)[C@@H](O)[C@H](O)[C@@H](F)CO.O. The van der Waals surface area contributed by atoms with Crippen molar-refractivity contribution in [1.82, 2.24) is 14.9 Å². The van der Waals surface area contributed by atoms with Crippen LogP contribution in [0.1, 0.15) is 0 Å². The number of ether oxygens (including phenoxy) is 2. The highest BCUT2D eigenvalue weighted by atomic mass is 19.1. The summed E-state index contributed by atoms with van der Waals surface area (Å²) in [6.45, 7) is 2.30. The molecule has 0 radical (unpaired) electrons. The molecule has 1 aromatic heterocycles. The number of hydrogen-bond acceptors (Lipinski definition) is 11. The van der Waals surface area contributed by atoms with Crippen LogP contribution in [0.4, 0.5) is 21.6 Å². The number of piperazine rings is 1. The van der Waals surface area contributed by atoms with Crippen molar-refractivity contribution in [2.75, 3.05) is 63.8 Å². The van der Waals surface area contributed by atoms with Crippen molar-refractivity contribution < 1.29 is 39.8 Å². The lowest BCUT2D eigenvalue weighted by atomic mass is 10.0. The maximum absolute atomic E-state index is 13.7. The Hall–Kier alpha value is -3.33. The maximum atomic E-state index is 13.7. The molecule has 0 spiro atoms. The minimum Gasteiger partial charge on any atom is -0.493 e. The minimum absolute atomic E-state index is 0. The second-order valence-electron chi connectivity index (χ2n) is 9.22. The fourth-order valence-electron chi connectivity index (χ4n) is 4.29. The van der Waals surface area contributed by atoms with Crippen molar-refractivity contribution in [2.24, 2.45) is 0 Å². The summed E-state index contributed by atoms with van der Waals surface area (Å²) in [5.41, 5.74) is 2.48. The number of aromatic nitrogens is 2. The zero-order valence-corrected chi connectivity index (χ0v) is 21.9. The number of nitrogens with zero attached hydrogens (tertiary/aromatic N) is 4. The van der Waals surface area contributed by atoms with Crippen molar-refractivity contribution in [2.45, 2.75) is 24.5 Å². The van der Waals surface area contributed by atoms with Gasteiger partial charge < -0.3 is 50.5 Å². The number of nitrogens with one attached hydrogen (secondary N) is 1. The number of hydrogen-bond donors (Lipinski definition) is 5. The van der Waals surface area contributed by atoms with Gasteiger partial charge in [0.15, 0.2) is 23.8 Å². The molecule has 3 aromatic rings. The second kappa shape index (κ2) is 13.6. The summed E-state index contributed by atoms with van der Waals surface area (Å²) in [5, 5.41) is 42.7. The highest BCUT2D eigenvalue weighted by Crippen LogP contribution is 2.36. The smallest absolute Gasteiger partial charge is 0.164 e. The number of alkyl halides is 1. The number of anilines is 3. The Morgan fingerprint density at radius 3 is 2.28 bits per heavy atom. The van der Waals surface area contributed by atoms with Gasteiger partial charge in [-0.15, -0.1) is 0 Å². The molecule has 2 heterocycles. The zero-order chi connectivity index (χ0) is 27.2. The number of halogens is 1. The Kier molecular flexibility index (Phi) is 10.6. The number of rotatable bonds is 11. The van der Waals surface area contributed by atoms with Gasteiger partial charge in [-0.2, -0.15) is 0 Å². The van der Waals surface area contributed by atoms with Gasteiger partial charge in [0.2, 0.25) is 0 Å². The van der Waals surface area contributed by atoms with Crippen molar-refractivity contribution >= 4 is 28.1 Å². The van der Waals surface area contributed by atoms with E-state index in [-0.39, 0.29) is 17.0 Å². The van der Waals surface area contributed by atoms with Crippen molar-refractivity contribution in [3.05, 3.63) is 42.7 Å². The van der Waals surface area contributed by atoms with Crippen LogP contribution in [0.3, 0.4) is 0 Å². The van der Waals surface area contributed by atoms with Gasteiger partial charge in [-0.3, -0.25) is 0 Å². The highest BCUT2D eigenvalue weighted by Gasteiger charge is 2.34. The summed E-state index contributed by atoms with van der Waals surface area (Å²) in [6, 6.07) is 11.3. The monoisotopic (exact) mass is 549 g/mol. The first-order chi connectivity index (χ1) is 18.3. The molecule has 0 amide bonds.